The van der Waals surface area contributed by atoms with E-state index < -0.39 is 0 Å². The Hall–Kier alpha value is -0.710. The summed E-state index contributed by atoms with van der Waals surface area (Å²) in [5.74, 6) is 0. The summed E-state index contributed by atoms with van der Waals surface area (Å²) >= 11 is 36.9. The van der Waals surface area contributed by atoms with Crippen LogP contribution < -0.4 is 0 Å². The molecule has 0 saturated carbocycles. The number of aromatic nitrogens is 1. The van der Waals surface area contributed by atoms with Crippen LogP contribution in [0.3, 0.4) is 0 Å². The average molecular weight is 468 g/mol. The van der Waals surface area contributed by atoms with Gasteiger partial charge in [0.2, 0.25) is 0 Å². The Balaban J connectivity index is 2.19. The first-order chi connectivity index (χ1) is 12.3. The van der Waals surface area contributed by atoms with E-state index in [4.69, 9.17) is 69.6 Å². The minimum Gasteiger partial charge on any atom is -0.390 e. The van der Waals surface area contributed by atoms with E-state index >= 15 is 0 Å². The predicted octanol–water partition coefficient (Wildman–Crippen LogP) is 7.83. The number of halogens is 6. The first kappa shape index (κ1) is 20.0. The molecule has 0 radical (unpaired) electrons. The molecule has 0 atom stereocenters. The molecule has 3 rings (SSSR count). The molecule has 1 aromatic heterocycles. The van der Waals surface area contributed by atoms with Crippen LogP contribution in [0.5, 0.6) is 0 Å². The topological polar surface area (TPSA) is 33.1 Å². The molecule has 134 valence electrons. The molecule has 0 spiro atoms. The fourth-order valence-electron chi connectivity index (χ4n) is 2.51. The van der Waals surface area contributed by atoms with Gasteiger partial charge in [-0.25, -0.2) is 4.98 Å². The maximum atomic E-state index is 9.80. The fourth-order valence-corrected chi connectivity index (χ4v) is 3.92. The van der Waals surface area contributed by atoms with E-state index in [0.29, 0.717) is 58.2 Å². The monoisotopic (exact) mass is 465 g/mol. The molecular formula is C18H9Cl6NO. The number of nitrogens with zero attached hydrogens (tertiary/aromatic N) is 1. The van der Waals surface area contributed by atoms with Crippen LogP contribution in [0.25, 0.3) is 22.4 Å². The highest BCUT2D eigenvalue weighted by Gasteiger charge is 2.16. The van der Waals surface area contributed by atoms with Gasteiger partial charge in [-0.2, -0.15) is 0 Å². The number of hydrogen-bond acceptors (Lipinski definition) is 2. The Bertz CT molecular complexity index is 1010. The Labute approximate surface area is 180 Å². The number of rotatable bonds is 3. The Morgan fingerprint density at radius 2 is 1.23 bits per heavy atom. The summed E-state index contributed by atoms with van der Waals surface area (Å²) in [5, 5.41) is 11.9. The Morgan fingerprint density at radius 1 is 0.692 bits per heavy atom. The van der Waals surface area contributed by atoms with Crippen molar-refractivity contribution in [2.24, 2.45) is 0 Å². The van der Waals surface area contributed by atoms with Crippen LogP contribution in [0.1, 0.15) is 5.69 Å². The normalized spacial score (nSPS) is 11.0. The minimum atomic E-state index is -0.324. The molecule has 26 heavy (non-hydrogen) atoms. The summed E-state index contributed by atoms with van der Waals surface area (Å²) in [7, 11) is 0. The van der Waals surface area contributed by atoms with E-state index in [9.17, 15) is 5.11 Å². The van der Waals surface area contributed by atoms with Gasteiger partial charge in [-0.1, -0.05) is 75.7 Å². The lowest BCUT2D eigenvalue weighted by Crippen LogP contribution is -1.97. The molecule has 0 aliphatic rings. The van der Waals surface area contributed by atoms with Crippen molar-refractivity contribution in [3.8, 4) is 22.4 Å². The van der Waals surface area contributed by atoms with Crippen LogP contribution in [0.15, 0.2) is 36.4 Å². The molecule has 3 aromatic rings. The molecule has 0 unspecified atom stereocenters. The fraction of sp³-hybridized carbons (Fsp3) is 0.0556. The summed E-state index contributed by atoms with van der Waals surface area (Å²) in [4.78, 5) is 4.48. The van der Waals surface area contributed by atoms with Crippen molar-refractivity contribution < 1.29 is 5.11 Å². The van der Waals surface area contributed by atoms with Gasteiger partial charge in [0.25, 0.3) is 0 Å². The van der Waals surface area contributed by atoms with Gasteiger partial charge in [-0.3, -0.25) is 0 Å². The van der Waals surface area contributed by atoms with E-state index in [2.05, 4.69) is 4.98 Å². The SMILES string of the molecule is OCc1nc(-c2cc(Cl)cc(Cl)c2Cl)ccc1-c1cc(Cl)cc(Cl)c1Cl. The van der Waals surface area contributed by atoms with Crippen molar-refractivity contribution in [2.75, 3.05) is 0 Å². The number of benzene rings is 2. The summed E-state index contributed by atoms with van der Waals surface area (Å²) in [6.45, 7) is -0.324. The molecule has 2 aromatic carbocycles. The van der Waals surface area contributed by atoms with Gasteiger partial charge >= 0.3 is 0 Å². The largest absolute Gasteiger partial charge is 0.390 e. The van der Waals surface area contributed by atoms with Crippen LogP contribution >= 0.6 is 69.6 Å². The van der Waals surface area contributed by atoms with E-state index in [1.54, 1.807) is 36.4 Å². The van der Waals surface area contributed by atoms with Crippen LogP contribution in [-0.4, -0.2) is 10.1 Å². The highest BCUT2D eigenvalue weighted by molar-refractivity contribution is 6.45. The zero-order valence-corrected chi connectivity index (χ0v) is 17.4. The molecule has 0 fully saturated rings. The quantitative estimate of drug-likeness (QED) is 0.398. The summed E-state index contributed by atoms with van der Waals surface area (Å²) in [6, 6.07) is 9.89. The third kappa shape index (κ3) is 3.93. The molecule has 0 aliphatic carbocycles. The van der Waals surface area contributed by atoms with Crippen molar-refractivity contribution in [3.05, 3.63) is 72.2 Å². The number of hydrogen-bond donors (Lipinski definition) is 1. The van der Waals surface area contributed by atoms with Crippen LogP contribution in [0.4, 0.5) is 0 Å². The zero-order valence-electron chi connectivity index (χ0n) is 12.8. The van der Waals surface area contributed by atoms with Crippen LogP contribution in [-0.2, 0) is 6.61 Å². The van der Waals surface area contributed by atoms with E-state index in [1.165, 1.54) is 0 Å². The molecule has 0 aliphatic heterocycles. The summed E-state index contributed by atoms with van der Waals surface area (Å²) < 4.78 is 0. The zero-order chi connectivity index (χ0) is 19.0. The van der Waals surface area contributed by atoms with Crippen molar-refractivity contribution in [2.45, 2.75) is 6.61 Å². The van der Waals surface area contributed by atoms with Gasteiger partial charge in [0.15, 0.2) is 0 Å². The van der Waals surface area contributed by atoms with Gasteiger partial charge < -0.3 is 5.11 Å². The van der Waals surface area contributed by atoms with Crippen molar-refractivity contribution in [1.29, 1.82) is 0 Å². The lowest BCUT2D eigenvalue weighted by molar-refractivity contribution is 0.277. The predicted molar refractivity (Wildman–Crippen MR) is 111 cm³/mol. The van der Waals surface area contributed by atoms with E-state index in [0.717, 1.165) is 0 Å². The summed E-state index contributed by atoms with van der Waals surface area (Å²) in [5.41, 5.74) is 2.63. The number of aliphatic hydroxyl groups excluding tert-OH is 1. The van der Waals surface area contributed by atoms with Crippen LogP contribution in [0, 0.1) is 0 Å². The second-order valence-corrected chi connectivity index (χ2v) is 7.79. The third-order valence-electron chi connectivity index (χ3n) is 3.68. The molecule has 0 amide bonds. The Kier molecular flexibility index (Phi) is 6.25. The first-order valence-electron chi connectivity index (χ1n) is 7.22. The van der Waals surface area contributed by atoms with Crippen molar-refractivity contribution >= 4 is 69.6 Å². The van der Waals surface area contributed by atoms with Gasteiger partial charge in [0, 0.05) is 26.7 Å². The van der Waals surface area contributed by atoms with E-state index in [-0.39, 0.29) is 6.61 Å². The standard InChI is InChI=1S/C18H9Cl6NO/c19-8-3-11(17(23)13(21)5-8)10-1-2-15(25-16(10)7-26)12-4-9(20)6-14(22)18(12)24/h1-6,26H,7H2. The maximum absolute atomic E-state index is 9.80. The molecule has 2 nitrogen and oxygen atoms in total. The highest BCUT2D eigenvalue weighted by Crippen LogP contribution is 2.40. The van der Waals surface area contributed by atoms with Crippen molar-refractivity contribution in [3.63, 3.8) is 0 Å². The number of aliphatic hydroxyl groups is 1. The average Bonchev–Trinajstić information content (AvgIpc) is 2.60. The minimum absolute atomic E-state index is 0.312. The molecule has 1 heterocycles. The smallest absolute Gasteiger partial charge is 0.0859 e. The summed E-state index contributed by atoms with van der Waals surface area (Å²) in [6.07, 6.45) is 0. The first-order valence-corrected chi connectivity index (χ1v) is 9.49. The van der Waals surface area contributed by atoms with E-state index in [1.807, 2.05) is 0 Å². The highest BCUT2D eigenvalue weighted by atomic mass is 35.5. The maximum Gasteiger partial charge on any atom is 0.0859 e. The Morgan fingerprint density at radius 3 is 1.81 bits per heavy atom. The molecule has 1 N–H and O–H groups in total. The third-order valence-corrected chi connectivity index (χ3v) is 5.72. The van der Waals surface area contributed by atoms with Gasteiger partial charge in [0.1, 0.15) is 0 Å². The van der Waals surface area contributed by atoms with Gasteiger partial charge in [-0.15, -0.1) is 0 Å². The molecular weight excluding hydrogens is 459 g/mol. The van der Waals surface area contributed by atoms with Crippen LogP contribution in [0.2, 0.25) is 30.1 Å². The number of pyridine rings is 1. The lowest BCUT2D eigenvalue weighted by atomic mass is 10.0. The van der Waals surface area contributed by atoms with Gasteiger partial charge in [-0.05, 0) is 30.3 Å². The van der Waals surface area contributed by atoms with Gasteiger partial charge in [0.05, 0.1) is 38.1 Å². The second kappa shape index (κ2) is 8.12. The molecule has 0 saturated heterocycles. The lowest BCUT2D eigenvalue weighted by Gasteiger charge is -2.13. The second-order valence-electron chi connectivity index (χ2n) is 5.35. The molecule has 0 bridgehead atoms. The molecule has 8 heteroatoms. The van der Waals surface area contributed by atoms with Crippen molar-refractivity contribution in [1.82, 2.24) is 4.98 Å².